The fourth-order valence-electron chi connectivity index (χ4n) is 3.58. The minimum absolute atomic E-state index is 0.114. The van der Waals surface area contributed by atoms with Crippen molar-refractivity contribution >= 4 is 27.5 Å². The molecule has 2 rings (SSSR count). The number of nitrogens with one attached hydrogen (secondary N) is 1. The standard InChI is InChI=1S/C25H35N3O6S/c1-17(2)26-25(30)19(4)27(15-20-10-8-9-18(3)13-20)24(29)16-28(35(7,31)32)22-12-11-21(33-5)14-23(22)34-6/h8-14,17,19H,15-16H2,1-7H3,(H,26,30)/t19-/m1/s1. The van der Waals surface area contributed by atoms with Gasteiger partial charge in [-0.15, -0.1) is 0 Å². The third-order valence-corrected chi connectivity index (χ3v) is 6.49. The summed E-state index contributed by atoms with van der Waals surface area (Å²) in [7, 11) is -0.988. The van der Waals surface area contributed by atoms with Crippen molar-refractivity contribution < 1.29 is 27.5 Å². The minimum Gasteiger partial charge on any atom is -0.497 e. The van der Waals surface area contributed by atoms with Crippen molar-refractivity contribution in [2.45, 2.75) is 46.3 Å². The first-order valence-electron chi connectivity index (χ1n) is 11.2. The van der Waals surface area contributed by atoms with Crippen molar-refractivity contribution in [2.24, 2.45) is 0 Å². The van der Waals surface area contributed by atoms with Gasteiger partial charge in [0.05, 0.1) is 26.2 Å². The summed E-state index contributed by atoms with van der Waals surface area (Å²) >= 11 is 0. The molecule has 0 fully saturated rings. The molecule has 9 nitrogen and oxygen atoms in total. The normalized spacial score (nSPS) is 12.1. The van der Waals surface area contributed by atoms with Gasteiger partial charge in [-0.2, -0.15) is 0 Å². The van der Waals surface area contributed by atoms with Gasteiger partial charge in [0.2, 0.25) is 21.8 Å². The molecule has 0 radical (unpaired) electrons. The van der Waals surface area contributed by atoms with Crippen LogP contribution in [0.2, 0.25) is 0 Å². The number of hydrogen-bond donors (Lipinski definition) is 1. The molecule has 0 saturated carbocycles. The zero-order chi connectivity index (χ0) is 26.3. The second kappa shape index (κ2) is 11.9. The van der Waals surface area contributed by atoms with Crippen LogP contribution in [0, 0.1) is 6.92 Å². The minimum atomic E-state index is -3.88. The molecule has 2 aromatic rings. The molecular weight excluding hydrogens is 470 g/mol. The molecule has 0 heterocycles. The lowest BCUT2D eigenvalue weighted by molar-refractivity contribution is -0.139. The van der Waals surface area contributed by atoms with Gasteiger partial charge in [-0.25, -0.2) is 8.42 Å². The predicted molar refractivity (Wildman–Crippen MR) is 136 cm³/mol. The van der Waals surface area contributed by atoms with Crippen LogP contribution in [0.5, 0.6) is 11.5 Å². The number of aryl methyl sites for hydroxylation is 1. The van der Waals surface area contributed by atoms with Gasteiger partial charge in [0.25, 0.3) is 0 Å². The molecule has 192 valence electrons. The summed E-state index contributed by atoms with van der Waals surface area (Å²) in [4.78, 5) is 27.8. The maximum Gasteiger partial charge on any atom is 0.244 e. The molecular formula is C25H35N3O6S. The number of carbonyl (C=O) groups is 2. The molecule has 0 saturated heterocycles. The van der Waals surface area contributed by atoms with Gasteiger partial charge in [-0.05, 0) is 45.4 Å². The first-order chi connectivity index (χ1) is 16.4. The van der Waals surface area contributed by atoms with Crippen molar-refractivity contribution in [1.82, 2.24) is 10.2 Å². The molecule has 0 bridgehead atoms. The van der Waals surface area contributed by atoms with Gasteiger partial charge in [0.1, 0.15) is 24.1 Å². The van der Waals surface area contributed by atoms with Crippen LogP contribution in [0.1, 0.15) is 31.9 Å². The van der Waals surface area contributed by atoms with E-state index in [-0.39, 0.29) is 29.9 Å². The lowest BCUT2D eigenvalue weighted by Gasteiger charge is -2.32. The smallest absolute Gasteiger partial charge is 0.244 e. The summed E-state index contributed by atoms with van der Waals surface area (Å²) in [6.07, 6.45) is 1.02. The molecule has 1 atom stereocenters. The molecule has 0 unspecified atom stereocenters. The van der Waals surface area contributed by atoms with E-state index < -0.39 is 28.5 Å². The fraction of sp³-hybridized carbons (Fsp3) is 0.440. The van der Waals surface area contributed by atoms with Gasteiger partial charge in [-0.1, -0.05) is 29.8 Å². The van der Waals surface area contributed by atoms with E-state index in [0.717, 1.165) is 21.7 Å². The Hall–Kier alpha value is -3.27. The maximum atomic E-state index is 13.6. The third-order valence-electron chi connectivity index (χ3n) is 5.37. The summed E-state index contributed by atoms with van der Waals surface area (Å²) < 4.78 is 37.0. The monoisotopic (exact) mass is 505 g/mol. The largest absolute Gasteiger partial charge is 0.497 e. The van der Waals surface area contributed by atoms with Crippen molar-refractivity contribution in [2.75, 3.05) is 31.3 Å². The van der Waals surface area contributed by atoms with E-state index in [1.165, 1.54) is 25.2 Å². The number of amides is 2. The number of anilines is 1. The molecule has 35 heavy (non-hydrogen) atoms. The Morgan fingerprint density at radius 3 is 2.26 bits per heavy atom. The summed E-state index contributed by atoms with van der Waals surface area (Å²) in [5.41, 5.74) is 2.03. The topological polar surface area (TPSA) is 105 Å². The van der Waals surface area contributed by atoms with E-state index in [1.54, 1.807) is 19.1 Å². The zero-order valence-corrected chi connectivity index (χ0v) is 22.2. The number of ether oxygens (including phenoxy) is 2. The highest BCUT2D eigenvalue weighted by Gasteiger charge is 2.31. The molecule has 0 aliphatic heterocycles. The quantitative estimate of drug-likeness (QED) is 0.504. The molecule has 0 aromatic heterocycles. The van der Waals surface area contributed by atoms with E-state index in [4.69, 9.17) is 9.47 Å². The number of rotatable bonds is 11. The summed E-state index contributed by atoms with van der Waals surface area (Å²) in [5, 5.41) is 2.82. The highest BCUT2D eigenvalue weighted by atomic mass is 32.2. The van der Waals surface area contributed by atoms with Crippen LogP contribution in [0.25, 0.3) is 0 Å². The van der Waals surface area contributed by atoms with Crippen molar-refractivity contribution in [3.63, 3.8) is 0 Å². The van der Waals surface area contributed by atoms with Crippen LogP contribution < -0.4 is 19.1 Å². The number of hydrogen-bond acceptors (Lipinski definition) is 6. The molecule has 2 aromatic carbocycles. The average Bonchev–Trinajstić information content (AvgIpc) is 2.78. The molecule has 0 spiro atoms. The Bertz CT molecular complexity index is 1150. The summed E-state index contributed by atoms with van der Waals surface area (Å²) in [6, 6.07) is 11.3. The number of nitrogens with zero attached hydrogens (tertiary/aromatic N) is 2. The highest BCUT2D eigenvalue weighted by molar-refractivity contribution is 7.92. The number of sulfonamides is 1. The molecule has 10 heteroatoms. The van der Waals surface area contributed by atoms with Gasteiger partial charge < -0.3 is 19.7 Å². The molecule has 0 aliphatic rings. The van der Waals surface area contributed by atoms with Gasteiger partial charge in [-0.3, -0.25) is 13.9 Å². The van der Waals surface area contributed by atoms with Gasteiger partial charge >= 0.3 is 0 Å². The third kappa shape index (κ3) is 7.61. The van der Waals surface area contributed by atoms with Crippen molar-refractivity contribution in [3.8, 4) is 11.5 Å². The molecule has 2 amide bonds. The van der Waals surface area contributed by atoms with E-state index in [1.807, 2.05) is 45.0 Å². The van der Waals surface area contributed by atoms with Crippen LogP contribution >= 0.6 is 0 Å². The Kier molecular flexibility index (Phi) is 9.53. The number of methoxy groups -OCH3 is 2. The Labute approximate surface area is 208 Å². The second-order valence-electron chi connectivity index (χ2n) is 8.66. The van der Waals surface area contributed by atoms with E-state index in [0.29, 0.717) is 5.75 Å². The lowest BCUT2D eigenvalue weighted by Crippen LogP contribution is -2.52. The molecule has 1 N–H and O–H groups in total. The van der Waals surface area contributed by atoms with E-state index >= 15 is 0 Å². The van der Waals surface area contributed by atoms with Crippen LogP contribution in [0.4, 0.5) is 5.69 Å². The number of carbonyl (C=O) groups excluding carboxylic acids is 2. The van der Waals surface area contributed by atoms with Gasteiger partial charge in [0, 0.05) is 18.7 Å². The first kappa shape index (κ1) is 28.0. The van der Waals surface area contributed by atoms with Crippen molar-refractivity contribution in [1.29, 1.82) is 0 Å². The Morgan fingerprint density at radius 1 is 1.03 bits per heavy atom. The second-order valence-corrected chi connectivity index (χ2v) is 10.6. The Morgan fingerprint density at radius 2 is 1.71 bits per heavy atom. The Balaban J connectivity index is 2.46. The average molecular weight is 506 g/mol. The number of benzene rings is 2. The summed E-state index contributed by atoms with van der Waals surface area (Å²) in [6.45, 7) is 6.87. The van der Waals surface area contributed by atoms with Crippen LogP contribution in [-0.2, 0) is 26.2 Å². The predicted octanol–water partition coefficient (Wildman–Crippen LogP) is 2.72. The highest BCUT2D eigenvalue weighted by Crippen LogP contribution is 2.33. The van der Waals surface area contributed by atoms with Crippen LogP contribution in [-0.4, -0.2) is 64.2 Å². The molecule has 0 aliphatic carbocycles. The fourth-order valence-corrected chi connectivity index (χ4v) is 4.43. The van der Waals surface area contributed by atoms with Crippen LogP contribution in [0.3, 0.4) is 0 Å². The van der Waals surface area contributed by atoms with Crippen LogP contribution in [0.15, 0.2) is 42.5 Å². The maximum absolute atomic E-state index is 13.6. The van der Waals surface area contributed by atoms with E-state index in [9.17, 15) is 18.0 Å². The SMILES string of the molecule is COc1ccc(N(CC(=O)N(Cc2cccc(C)c2)[C@H](C)C(=O)NC(C)C)S(C)(=O)=O)c(OC)c1. The van der Waals surface area contributed by atoms with Gasteiger partial charge in [0.15, 0.2) is 0 Å². The first-order valence-corrected chi connectivity index (χ1v) is 13.1. The summed E-state index contributed by atoms with van der Waals surface area (Å²) in [5.74, 6) is -0.140. The zero-order valence-electron chi connectivity index (χ0n) is 21.4. The lowest BCUT2D eigenvalue weighted by atomic mass is 10.1. The van der Waals surface area contributed by atoms with Crippen molar-refractivity contribution in [3.05, 3.63) is 53.6 Å². The van der Waals surface area contributed by atoms with E-state index in [2.05, 4.69) is 5.32 Å².